The number of likely N-dealkylation sites (tertiary alicyclic amines) is 1. The van der Waals surface area contributed by atoms with Gasteiger partial charge in [-0.15, -0.1) is 0 Å². The zero-order chi connectivity index (χ0) is 18.0. The van der Waals surface area contributed by atoms with Crippen molar-refractivity contribution < 1.29 is 4.79 Å². The lowest BCUT2D eigenvalue weighted by molar-refractivity contribution is 0.0706. The molecule has 3 rings (SSSR count). The second-order valence-corrected chi connectivity index (χ2v) is 6.79. The van der Waals surface area contributed by atoms with E-state index in [1.807, 2.05) is 48.2 Å². The largest absolute Gasteiger partial charge is 0.378 e. The highest BCUT2D eigenvalue weighted by atomic mass is 16.2. The van der Waals surface area contributed by atoms with Crippen LogP contribution < -0.4 is 10.5 Å². The molecule has 1 aromatic heterocycles. The first-order valence-electron chi connectivity index (χ1n) is 8.58. The molecule has 2 aromatic rings. The van der Waals surface area contributed by atoms with E-state index in [1.165, 1.54) is 0 Å². The van der Waals surface area contributed by atoms with Crippen LogP contribution in [0.2, 0.25) is 0 Å². The molecule has 6 nitrogen and oxygen atoms in total. The number of H-pyrrole nitrogens is 1. The molecular formula is C19H24N4O2. The number of anilines is 1. The number of nitrogens with zero attached hydrogens (tertiary/aromatic N) is 3. The predicted molar refractivity (Wildman–Crippen MR) is 98.2 cm³/mol. The minimum absolute atomic E-state index is 0.0370. The topological polar surface area (TPSA) is 69.3 Å². The Hall–Kier alpha value is -2.63. The van der Waals surface area contributed by atoms with Gasteiger partial charge in [0.2, 0.25) is 0 Å². The quantitative estimate of drug-likeness (QED) is 0.930. The fourth-order valence-corrected chi connectivity index (χ4v) is 3.31. The Labute approximate surface area is 147 Å². The monoisotopic (exact) mass is 340 g/mol. The lowest BCUT2D eigenvalue weighted by Crippen LogP contribution is -2.39. The average molecular weight is 340 g/mol. The number of carbonyl (C=O) groups is 1. The van der Waals surface area contributed by atoms with E-state index >= 15 is 0 Å². The summed E-state index contributed by atoms with van der Waals surface area (Å²) in [6, 6.07) is 9.22. The summed E-state index contributed by atoms with van der Waals surface area (Å²) >= 11 is 0. The molecule has 0 radical (unpaired) electrons. The molecule has 0 saturated carbocycles. The maximum Gasteiger partial charge on any atom is 0.253 e. The first-order chi connectivity index (χ1) is 11.9. The van der Waals surface area contributed by atoms with Gasteiger partial charge in [0, 0.05) is 50.4 Å². The van der Waals surface area contributed by atoms with Crippen molar-refractivity contribution in [3.63, 3.8) is 0 Å². The lowest BCUT2D eigenvalue weighted by Gasteiger charge is -2.32. The molecular weight excluding hydrogens is 316 g/mol. The van der Waals surface area contributed by atoms with Crippen molar-refractivity contribution in [3.05, 3.63) is 57.8 Å². The van der Waals surface area contributed by atoms with E-state index in [0.29, 0.717) is 17.9 Å². The number of aromatic amines is 1. The second-order valence-electron chi connectivity index (χ2n) is 6.79. The predicted octanol–water partition coefficient (Wildman–Crippen LogP) is 2.16. The second kappa shape index (κ2) is 7.09. The number of rotatable bonds is 3. The molecule has 1 aliphatic heterocycles. The number of hydrogen-bond donors (Lipinski definition) is 1. The molecule has 6 heteroatoms. The number of carbonyl (C=O) groups excluding carboxylic acids is 1. The van der Waals surface area contributed by atoms with Crippen LogP contribution in [0.15, 0.2) is 35.1 Å². The van der Waals surface area contributed by atoms with E-state index in [2.05, 4.69) is 9.97 Å². The van der Waals surface area contributed by atoms with Crippen molar-refractivity contribution in [2.75, 3.05) is 32.1 Å². The van der Waals surface area contributed by atoms with Crippen molar-refractivity contribution in [2.45, 2.75) is 25.7 Å². The molecule has 1 fully saturated rings. The van der Waals surface area contributed by atoms with Crippen LogP contribution in [0.4, 0.5) is 5.69 Å². The van der Waals surface area contributed by atoms with Crippen LogP contribution >= 0.6 is 0 Å². The Bertz CT molecular complexity index is 828. The van der Waals surface area contributed by atoms with Gasteiger partial charge in [-0.1, -0.05) is 6.07 Å². The van der Waals surface area contributed by atoms with Crippen molar-refractivity contribution in [3.8, 4) is 0 Å². The molecule has 25 heavy (non-hydrogen) atoms. The molecule has 0 unspecified atom stereocenters. The van der Waals surface area contributed by atoms with Gasteiger partial charge >= 0.3 is 0 Å². The van der Waals surface area contributed by atoms with Crippen LogP contribution in [-0.4, -0.2) is 48.0 Å². The molecule has 0 spiro atoms. The maximum absolute atomic E-state index is 12.9. The Morgan fingerprint density at radius 2 is 2.12 bits per heavy atom. The van der Waals surface area contributed by atoms with Gasteiger partial charge in [-0.2, -0.15) is 0 Å². The number of hydrogen-bond acceptors (Lipinski definition) is 4. The summed E-state index contributed by atoms with van der Waals surface area (Å²) in [5.74, 6) is 0.760. The van der Waals surface area contributed by atoms with E-state index in [1.54, 1.807) is 13.0 Å². The van der Waals surface area contributed by atoms with Crippen molar-refractivity contribution in [1.29, 1.82) is 0 Å². The Balaban J connectivity index is 1.80. The van der Waals surface area contributed by atoms with E-state index in [4.69, 9.17) is 0 Å². The first kappa shape index (κ1) is 17.2. The summed E-state index contributed by atoms with van der Waals surface area (Å²) in [7, 11) is 3.92. The Kier molecular flexibility index (Phi) is 4.88. The van der Waals surface area contributed by atoms with Crippen LogP contribution in [0.25, 0.3) is 0 Å². The smallest absolute Gasteiger partial charge is 0.253 e. The van der Waals surface area contributed by atoms with Gasteiger partial charge in [-0.3, -0.25) is 9.59 Å². The summed E-state index contributed by atoms with van der Waals surface area (Å²) < 4.78 is 0. The SMILES string of the molecule is Cc1nc([C@@H]2CCCN(C(=O)c3cccc(N(C)C)c3)C2)cc(=O)[nH]1. The van der Waals surface area contributed by atoms with E-state index in [-0.39, 0.29) is 17.4 Å². The highest BCUT2D eigenvalue weighted by Gasteiger charge is 2.26. The number of aromatic nitrogens is 2. The maximum atomic E-state index is 12.9. The van der Waals surface area contributed by atoms with Crippen molar-refractivity contribution in [2.24, 2.45) is 0 Å². The van der Waals surface area contributed by atoms with Gasteiger partial charge in [0.05, 0.1) is 5.69 Å². The fourth-order valence-electron chi connectivity index (χ4n) is 3.31. The lowest BCUT2D eigenvalue weighted by atomic mass is 9.94. The third kappa shape index (κ3) is 3.90. The van der Waals surface area contributed by atoms with Crippen LogP contribution in [0.3, 0.4) is 0 Å². The summed E-state index contributed by atoms with van der Waals surface area (Å²) in [5.41, 5.74) is 2.35. The number of amides is 1. The van der Waals surface area contributed by atoms with Crippen molar-refractivity contribution in [1.82, 2.24) is 14.9 Å². The molecule has 1 saturated heterocycles. The number of benzene rings is 1. The van der Waals surface area contributed by atoms with Gasteiger partial charge in [0.1, 0.15) is 5.82 Å². The number of nitrogens with one attached hydrogen (secondary N) is 1. The van der Waals surface area contributed by atoms with Crippen LogP contribution in [0.1, 0.15) is 40.6 Å². The molecule has 2 heterocycles. The minimum Gasteiger partial charge on any atom is -0.378 e. The Morgan fingerprint density at radius 3 is 2.84 bits per heavy atom. The van der Waals surface area contributed by atoms with Gasteiger partial charge in [-0.25, -0.2) is 4.98 Å². The van der Waals surface area contributed by atoms with E-state index in [9.17, 15) is 9.59 Å². The first-order valence-corrected chi connectivity index (χ1v) is 8.58. The molecule has 132 valence electrons. The highest BCUT2D eigenvalue weighted by molar-refractivity contribution is 5.95. The molecule has 1 aromatic carbocycles. The highest BCUT2D eigenvalue weighted by Crippen LogP contribution is 2.26. The molecule has 1 aliphatic rings. The van der Waals surface area contributed by atoms with Gasteiger partial charge in [-0.05, 0) is 38.0 Å². The van der Waals surface area contributed by atoms with Crippen LogP contribution in [0, 0.1) is 6.92 Å². The third-order valence-electron chi connectivity index (χ3n) is 4.62. The zero-order valence-electron chi connectivity index (χ0n) is 15.0. The normalized spacial score (nSPS) is 17.4. The molecule has 1 atom stereocenters. The van der Waals surface area contributed by atoms with Gasteiger partial charge < -0.3 is 14.8 Å². The molecule has 0 bridgehead atoms. The van der Waals surface area contributed by atoms with E-state index < -0.39 is 0 Å². The summed E-state index contributed by atoms with van der Waals surface area (Å²) in [4.78, 5) is 35.6. The van der Waals surface area contributed by atoms with Crippen molar-refractivity contribution >= 4 is 11.6 Å². The van der Waals surface area contributed by atoms with E-state index in [0.717, 1.165) is 30.8 Å². The van der Waals surface area contributed by atoms with Crippen LogP contribution in [0.5, 0.6) is 0 Å². The minimum atomic E-state index is -0.135. The standard InChI is InChI=1S/C19H24N4O2/c1-13-20-17(11-18(24)21-13)15-7-5-9-23(12-15)19(25)14-6-4-8-16(10-14)22(2)3/h4,6,8,10-11,15H,5,7,9,12H2,1-3H3,(H,20,21,24)/t15-/m1/s1. The summed E-state index contributed by atoms with van der Waals surface area (Å²) in [6.45, 7) is 3.12. The molecule has 0 aliphatic carbocycles. The van der Waals surface area contributed by atoms with Gasteiger partial charge in [0.25, 0.3) is 11.5 Å². The number of aryl methyl sites for hydroxylation is 1. The zero-order valence-corrected chi connectivity index (χ0v) is 15.0. The Morgan fingerprint density at radius 1 is 1.32 bits per heavy atom. The van der Waals surface area contributed by atoms with Crippen LogP contribution in [-0.2, 0) is 0 Å². The summed E-state index contributed by atoms with van der Waals surface area (Å²) in [5, 5.41) is 0. The average Bonchev–Trinajstić information content (AvgIpc) is 2.60. The fraction of sp³-hybridized carbons (Fsp3) is 0.421. The molecule has 1 amide bonds. The summed E-state index contributed by atoms with van der Waals surface area (Å²) in [6.07, 6.45) is 1.86. The third-order valence-corrected chi connectivity index (χ3v) is 4.62. The molecule has 1 N–H and O–H groups in total. The van der Waals surface area contributed by atoms with Gasteiger partial charge in [0.15, 0.2) is 0 Å². The number of piperidine rings is 1.